The molecule has 2 aliphatic rings. The summed E-state index contributed by atoms with van der Waals surface area (Å²) in [7, 11) is 0. The van der Waals surface area contributed by atoms with Crippen molar-refractivity contribution in [3.63, 3.8) is 0 Å². The number of benzene rings is 1. The third-order valence-electron chi connectivity index (χ3n) is 6.71. The molecule has 0 aliphatic carbocycles. The van der Waals surface area contributed by atoms with Crippen LogP contribution in [0.25, 0.3) is 22.2 Å². The molecule has 0 saturated carbocycles. The number of carbonyl (C=O) groups is 1. The highest BCUT2D eigenvalue weighted by Gasteiger charge is 2.34. The molecule has 0 bridgehead atoms. The fraction of sp³-hybridized carbons (Fsp3) is 0.458. The van der Waals surface area contributed by atoms with Crippen LogP contribution >= 0.6 is 11.6 Å². The number of imidazole rings is 1. The molecule has 32 heavy (non-hydrogen) atoms. The van der Waals surface area contributed by atoms with E-state index >= 15 is 0 Å². The number of ether oxygens (including phenoxy) is 1. The van der Waals surface area contributed by atoms with Crippen molar-refractivity contribution in [1.82, 2.24) is 19.9 Å². The molecule has 2 aromatic heterocycles. The zero-order valence-corrected chi connectivity index (χ0v) is 18.9. The minimum Gasteiger partial charge on any atom is -0.381 e. The number of nitrogens with one attached hydrogen (secondary N) is 2. The van der Waals surface area contributed by atoms with E-state index in [-0.39, 0.29) is 11.9 Å². The predicted molar refractivity (Wildman–Crippen MR) is 126 cm³/mol. The van der Waals surface area contributed by atoms with Crippen molar-refractivity contribution >= 4 is 34.4 Å². The van der Waals surface area contributed by atoms with Crippen molar-refractivity contribution in [3.05, 3.63) is 41.8 Å². The van der Waals surface area contributed by atoms with Gasteiger partial charge in [0, 0.05) is 38.1 Å². The minimum atomic E-state index is -0.156. The van der Waals surface area contributed by atoms with Crippen LogP contribution < -0.4 is 10.6 Å². The smallest absolute Gasteiger partial charge is 0.242 e. The zero-order valence-electron chi connectivity index (χ0n) is 18.2. The lowest BCUT2D eigenvalue weighted by Gasteiger charge is -2.36. The Bertz CT molecular complexity index is 1120. The Morgan fingerprint density at radius 1 is 1.28 bits per heavy atom. The fourth-order valence-electron chi connectivity index (χ4n) is 4.60. The number of aromatic nitrogens is 3. The van der Waals surface area contributed by atoms with Gasteiger partial charge in [-0.1, -0.05) is 31.0 Å². The molecule has 0 radical (unpaired) electrons. The molecule has 3 aromatic rings. The third kappa shape index (κ3) is 4.25. The molecule has 2 N–H and O–H groups in total. The number of carbonyl (C=O) groups excluding carboxylic acids is 1. The van der Waals surface area contributed by atoms with E-state index in [4.69, 9.17) is 16.3 Å². The first kappa shape index (κ1) is 21.4. The molecule has 5 rings (SSSR count). The van der Waals surface area contributed by atoms with E-state index in [0.717, 1.165) is 67.7 Å². The largest absolute Gasteiger partial charge is 0.381 e. The van der Waals surface area contributed by atoms with Gasteiger partial charge in [-0.25, -0.2) is 9.97 Å². The van der Waals surface area contributed by atoms with Gasteiger partial charge in [0.15, 0.2) is 0 Å². The first-order valence-electron chi connectivity index (χ1n) is 11.3. The molecular weight excluding hydrogens is 426 g/mol. The lowest BCUT2D eigenvalue weighted by atomic mass is 9.89. The van der Waals surface area contributed by atoms with Crippen LogP contribution in [-0.4, -0.2) is 46.2 Å². The predicted octanol–water partition coefficient (Wildman–Crippen LogP) is 4.11. The Morgan fingerprint density at radius 2 is 2.12 bits per heavy atom. The number of amides is 1. The zero-order chi connectivity index (χ0) is 22.1. The van der Waals surface area contributed by atoms with Crippen molar-refractivity contribution in [1.29, 1.82) is 0 Å². The first-order valence-corrected chi connectivity index (χ1v) is 11.7. The summed E-state index contributed by atoms with van der Waals surface area (Å²) in [6, 6.07) is 7.85. The van der Waals surface area contributed by atoms with Crippen molar-refractivity contribution in [2.75, 3.05) is 25.1 Å². The topological polar surface area (TPSA) is 81.1 Å². The summed E-state index contributed by atoms with van der Waals surface area (Å²) in [6.07, 6.45) is 6.65. The summed E-state index contributed by atoms with van der Waals surface area (Å²) in [5.74, 6) is 1.44. The van der Waals surface area contributed by atoms with Crippen molar-refractivity contribution in [2.24, 2.45) is 11.8 Å². The van der Waals surface area contributed by atoms with Gasteiger partial charge < -0.3 is 19.9 Å². The van der Waals surface area contributed by atoms with E-state index < -0.39 is 0 Å². The van der Waals surface area contributed by atoms with Crippen molar-refractivity contribution in [3.8, 4) is 11.1 Å². The third-order valence-corrected chi connectivity index (χ3v) is 7.01. The molecule has 2 unspecified atom stereocenters. The Morgan fingerprint density at radius 3 is 2.88 bits per heavy atom. The lowest BCUT2D eigenvalue weighted by Crippen LogP contribution is -2.58. The van der Waals surface area contributed by atoms with Gasteiger partial charge in [-0.3, -0.25) is 4.79 Å². The molecule has 2 saturated heterocycles. The normalized spacial score (nSPS) is 21.4. The van der Waals surface area contributed by atoms with Gasteiger partial charge >= 0.3 is 0 Å². The summed E-state index contributed by atoms with van der Waals surface area (Å²) in [4.78, 5) is 21.5. The van der Waals surface area contributed by atoms with E-state index in [9.17, 15) is 4.79 Å². The summed E-state index contributed by atoms with van der Waals surface area (Å²) in [6.45, 7) is 5.59. The Hall–Kier alpha value is -2.48. The molecule has 168 valence electrons. The van der Waals surface area contributed by atoms with Crippen LogP contribution in [0.3, 0.4) is 0 Å². The number of anilines is 1. The van der Waals surface area contributed by atoms with E-state index in [1.165, 1.54) is 0 Å². The quantitative estimate of drug-likeness (QED) is 0.587. The van der Waals surface area contributed by atoms with Crippen LogP contribution in [0.5, 0.6) is 0 Å². The molecule has 2 aliphatic heterocycles. The van der Waals surface area contributed by atoms with Gasteiger partial charge in [-0.2, -0.15) is 0 Å². The highest BCUT2D eigenvalue weighted by molar-refractivity contribution is 6.33. The minimum absolute atomic E-state index is 0.0473. The lowest BCUT2D eigenvalue weighted by molar-refractivity contribution is -0.121. The number of pyridine rings is 1. The number of fused-ring (bicyclic) bond motifs is 1. The van der Waals surface area contributed by atoms with E-state index in [0.29, 0.717) is 22.7 Å². The molecule has 2 fully saturated rings. The summed E-state index contributed by atoms with van der Waals surface area (Å²) in [5.41, 5.74) is 3.85. The van der Waals surface area contributed by atoms with Gasteiger partial charge in [-0.05, 0) is 48.4 Å². The standard InChI is InChI=1S/C24H28ClN5O2/c1-2-16-11-27-23(16)24(31)29-22-10-18(19(25)12-26-22)17-3-4-20-21(9-17)30(14-28-20)13-15-5-7-32-8-6-15/h3-4,9-10,12,14-16,23,27H,2,5-8,11,13H2,1H3,(H,26,29,31). The number of nitrogens with zero attached hydrogens (tertiary/aromatic N) is 3. The van der Waals surface area contributed by atoms with Gasteiger partial charge in [-0.15, -0.1) is 0 Å². The highest BCUT2D eigenvalue weighted by atomic mass is 35.5. The van der Waals surface area contributed by atoms with E-state index in [2.05, 4.69) is 38.2 Å². The van der Waals surface area contributed by atoms with Crippen LogP contribution in [0.4, 0.5) is 5.82 Å². The molecule has 1 aromatic carbocycles. The van der Waals surface area contributed by atoms with Crippen LogP contribution in [0.1, 0.15) is 26.2 Å². The highest BCUT2D eigenvalue weighted by Crippen LogP contribution is 2.32. The molecule has 2 atom stereocenters. The Kier molecular flexibility index (Phi) is 6.13. The molecular formula is C24H28ClN5O2. The van der Waals surface area contributed by atoms with Gasteiger partial charge in [0.1, 0.15) is 5.82 Å². The number of hydrogen-bond acceptors (Lipinski definition) is 5. The maximum atomic E-state index is 12.6. The molecule has 7 nitrogen and oxygen atoms in total. The number of halogens is 1. The second-order valence-electron chi connectivity index (χ2n) is 8.75. The Balaban J connectivity index is 1.39. The second kappa shape index (κ2) is 9.17. The van der Waals surface area contributed by atoms with Crippen LogP contribution in [-0.2, 0) is 16.1 Å². The maximum absolute atomic E-state index is 12.6. The van der Waals surface area contributed by atoms with Crippen LogP contribution in [0, 0.1) is 11.8 Å². The van der Waals surface area contributed by atoms with Gasteiger partial charge in [0.25, 0.3) is 0 Å². The molecule has 8 heteroatoms. The van der Waals surface area contributed by atoms with Crippen molar-refractivity contribution < 1.29 is 9.53 Å². The van der Waals surface area contributed by atoms with Gasteiger partial charge in [0.2, 0.25) is 5.91 Å². The van der Waals surface area contributed by atoms with E-state index in [1.807, 2.05) is 24.5 Å². The number of rotatable bonds is 6. The van der Waals surface area contributed by atoms with Gasteiger partial charge in [0.05, 0.1) is 28.4 Å². The monoisotopic (exact) mass is 453 g/mol. The first-order chi connectivity index (χ1) is 15.6. The average molecular weight is 454 g/mol. The Labute approximate surface area is 192 Å². The van der Waals surface area contributed by atoms with Crippen LogP contribution in [0.2, 0.25) is 5.02 Å². The van der Waals surface area contributed by atoms with Crippen LogP contribution in [0.15, 0.2) is 36.8 Å². The molecule has 1 amide bonds. The summed E-state index contributed by atoms with van der Waals surface area (Å²) in [5, 5.41) is 6.69. The molecule has 0 spiro atoms. The molecule has 4 heterocycles. The van der Waals surface area contributed by atoms with Crippen molar-refractivity contribution in [2.45, 2.75) is 38.8 Å². The SMILES string of the molecule is CCC1CNC1C(=O)Nc1cc(-c2ccc3ncn(CC4CCOCC4)c3c2)c(Cl)cn1. The maximum Gasteiger partial charge on any atom is 0.242 e. The van der Waals surface area contributed by atoms with E-state index in [1.54, 1.807) is 6.20 Å². The summed E-state index contributed by atoms with van der Waals surface area (Å²) < 4.78 is 7.72. The second-order valence-corrected chi connectivity index (χ2v) is 9.16. The summed E-state index contributed by atoms with van der Waals surface area (Å²) >= 11 is 6.51. The number of hydrogen-bond donors (Lipinski definition) is 2. The fourth-order valence-corrected chi connectivity index (χ4v) is 4.81. The average Bonchev–Trinajstić information content (AvgIpc) is 3.17.